The summed E-state index contributed by atoms with van der Waals surface area (Å²) in [5.41, 5.74) is 0.619. The zero-order chi connectivity index (χ0) is 13.1. The SMILES string of the molecule is COC(=O)N(c1ccccc1Cl)C1CN=CN1C. The van der Waals surface area contributed by atoms with E-state index >= 15 is 0 Å². The number of methoxy groups -OCH3 is 1. The molecule has 18 heavy (non-hydrogen) atoms. The Morgan fingerprint density at radius 3 is 2.83 bits per heavy atom. The van der Waals surface area contributed by atoms with Gasteiger partial charge in [-0.05, 0) is 12.1 Å². The molecule has 0 aromatic heterocycles. The maximum Gasteiger partial charge on any atom is 0.415 e. The second-order valence-corrected chi connectivity index (χ2v) is 4.33. The number of anilines is 1. The van der Waals surface area contributed by atoms with Gasteiger partial charge >= 0.3 is 6.09 Å². The molecule has 0 aliphatic carbocycles. The lowest BCUT2D eigenvalue weighted by molar-refractivity contribution is 0.171. The third-order valence-electron chi connectivity index (χ3n) is 2.78. The lowest BCUT2D eigenvalue weighted by Crippen LogP contribution is -2.48. The molecule has 6 heteroatoms. The number of nitrogens with zero attached hydrogens (tertiary/aromatic N) is 3. The highest BCUT2D eigenvalue weighted by atomic mass is 35.5. The van der Waals surface area contributed by atoms with Crippen LogP contribution in [0.5, 0.6) is 0 Å². The lowest BCUT2D eigenvalue weighted by atomic mass is 10.2. The van der Waals surface area contributed by atoms with E-state index in [-0.39, 0.29) is 6.17 Å². The van der Waals surface area contributed by atoms with Crippen molar-refractivity contribution in [1.29, 1.82) is 0 Å². The molecule has 1 aromatic rings. The molecule has 0 fully saturated rings. The smallest absolute Gasteiger partial charge is 0.415 e. The van der Waals surface area contributed by atoms with Gasteiger partial charge in [-0.3, -0.25) is 9.89 Å². The van der Waals surface area contributed by atoms with E-state index in [1.54, 1.807) is 18.5 Å². The molecule has 1 aliphatic heterocycles. The van der Waals surface area contributed by atoms with Crippen molar-refractivity contribution in [3.63, 3.8) is 0 Å². The van der Waals surface area contributed by atoms with E-state index in [9.17, 15) is 4.79 Å². The van der Waals surface area contributed by atoms with Crippen LogP contribution in [0, 0.1) is 0 Å². The van der Waals surface area contributed by atoms with Crippen molar-refractivity contribution in [2.45, 2.75) is 6.17 Å². The van der Waals surface area contributed by atoms with Crippen molar-refractivity contribution >= 4 is 29.7 Å². The highest BCUT2D eigenvalue weighted by Crippen LogP contribution is 2.28. The zero-order valence-corrected chi connectivity index (χ0v) is 11.0. The molecule has 5 nitrogen and oxygen atoms in total. The van der Waals surface area contributed by atoms with Crippen molar-refractivity contribution in [3.8, 4) is 0 Å². The molecule has 1 amide bonds. The summed E-state index contributed by atoms with van der Waals surface area (Å²) in [6, 6.07) is 7.16. The number of hydrogen-bond donors (Lipinski definition) is 0. The largest absolute Gasteiger partial charge is 0.452 e. The number of carbonyl (C=O) groups is 1. The Labute approximate surface area is 111 Å². The van der Waals surface area contributed by atoms with Crippen LogP contribution in [0.4, 0.5) is 10.5 Å². The van der Waals surface area contributed by atoms with Crippen LogP contribution in [0.2, 0.25) is 5.02 Å². The average molecular weight is 268 g/mol. The van der Waals surface area contributed by atoms with Gasteiger partial charge in [-0.2, -0.15) is 0 Å². The van der Waals surface area contributed by atoms with Crippen LogP contribution in [-0.4, -0.2) is 44.2 Å². The van der Waals surface area contributed by atoms with Crippen molar-refractivity contribution in [2.24, 2.45) is 4.99 Å². The molecule has 2 rings (SSSR count). The van der Waals surface area contributed by atoms with Crippen molar-refractivity contribution in [3.05, 3.63) is 29.3 Å². The molecule has 1 aliphatic rings. The summed E-state index contributed by atoms with van der Waals surface area (Å²) in [5, 5.41) is 0.503. The maximum absolute atomic E-state index is 12.0. The molecule has 0 bridgehead atoms. The molecular formula is C12H14ClN3O2. The van der Waals surface area contributed by atoms with Gasteiger partial charge in [-0.15, -0.1) is 0 Å². The van der Waals surface area contributed by atoms with Gasteiger partial charge in [0, 0.05) is 7.05 Å². The zero-order valence-electron chi connectivity index (χ0n) is 10.2. The fourth-order valence-corrected chi connectivity index (χ4v) is 2.09. The predicted octanol–water partition coefficient (Wildman–Crippen LogP) is 2.21. The van der Waals surface area contributed by atoms with Crippen LogP contribution in [0.25, 0.3) is 0 Å². The summed E-state index contributed by atoms with van der Waals surface area (Å²) in [6.07, 6.45) is 1.03. The number of ether oxygens (including phenoxy) is 1. The van der Waals surface area contributed by atoms with E-state index in [1.165, 1.54) is 12.0 Å². The second-order valence-electron chi connectivity index (χ2n) is 3.92. The number of likely N-dealkylation sites (N-methyl/N-ethyl adjacent to an activating group) is 1. The van der Waals surface area contributed by atoms with Crippen LogP contribution in [-0.2, 0) is 4.74 Å². The Kier molecular flexibility index (Phi) is 3.72. The molecular weight excluding hydrogens is 254 g/mol. The maximum atomic E-state index is 12.0. The molecule has 1 aromatic carbocycles. The third kappa shape index (κ3) is 2.26. The van der Waals surface area contributed by atoms with E-state index in [2.05, 4.69) is 4.99 Å². The minimum absolute atomic E-state index is 0.211. The van der Waals surface area contributed by atoms with Gasteiger partial charge in [-0.25, -0.2) is 4.79 Å². The quantitative estimate of drug-likeness (QED) is 0.825. The first-order valence-corrected chi connectivity index (χ1v) is 5.86. The van der Waals surface area contributed by atoms with Gasteiger partial charge in [0.05, 0.1) is 30.7 Å². The first-order valence-electron chi connectivity index (χ1n) is 5.48. The van der Waals surface area contributed by atoms with Gasteiger partial charge in [0.1, 0.15) is 6.17 Å². The van der Waals surface area contributed by atoms with E-state index in [0.717, 1.165) is 0 Å². The van der Waals surface area contributed by atoms with Gasteiger partial charge in [0.2, 0.25) is 0 Å². The standard InChI is InChI=1S/C12H14ClN3O2/c1-15-8-14-7-11(15)16(12(17)18-2)10-6-4-3-5-9(10)13/h3-6,8,11H,7H2,1-2H3. The van der Waals surface area contributed by atoms with Gasteiger partial charge < -0.3 is 9.64 Å². The molecule has 96 valence electrons. The molecule has 0 radical (unpaired) electrons. The monoisotopic (exact) mass is 267 g/mol. The molecule has 1 heterocycles. The summed E-state index contributed by atoms with van der Waals surface area (Å²) >= 11 is 6.14. The summed E-state index contributed by atoms with van der Waals surface area (Å²) in [4.78, 5) is 19.5. The highest BCUT2D eigenvalue weighted by Gasteiger charge is 2.31. The van der Waals surface area contributed by atoms with E-state index in [4.69, 9.17) is 16.3 Å². The molecule has 1 unspecified atom stereocenters. The van der Waals surface area contributed by atoms with E-state index in [1.807, 2.05) is 24.1 Å². The minimum Gasteiger partial charge on any atom is -0.452 e. The number of para-hydroxylation sites is 1. The summed E-state index contributed by atoms with van der Waals surface area (Å²) in [5.74, 6) is 0. The average Bonchev–Trinajstić information content (AvgIpc) is 2.78. The normalized spacial score (nSPS) is 17.9. The van der Waals surface area contributed by atoms with Crippen molar-refractivity contribution in [1.82, 2.24) is 4.90 Å². The van der Waals surface area contributed by atoms with E-state index < -0.39 is 6.09 Å². The van der Waals surface area contributed by atoms with Crippen LogP contribution < -0.4 is 4.90 Å². The number of hydrogen-bond acceptors (Lipinski definition) is 4. The Bertz CT molecular complexity index is 478. The Hall–Kier alpha value is -1.75. The van der Waals surface area contributed by atoms with Crippen LogP contribution in [0.1, 0.15) is 0 Å². The summed E-state index contributed by atoms with van der Waals surface area (Å²) in [6.45, 7) is 0.497. The van der Waals surface area contributed by atoms with Crippen LogP contribution in [0.15, 0.2) is 29.3 Å². The molecule has 0 saturated carbocycles. The second kappa shape index (κ2) is 5.27. The number of halogens is 1. The molecule has 1 atom stereocenters. The first kappa shape index (κ1) is 12.7. The number of benzene rings is 1. The number of amides is 1. The van der Waals surface area contributed by atoms with Crippen LogP contribution in [0.3, 0.4) is 0 Å². The first-order chi connectivity index (χ1) is 8.65. The highest BCUT2D eigenvalue weighted by molar-refractivity contribution is 6.33. The third-order valence-corrected chi connectivity index (χ3v) is 3.10. The van der Waals surface area contributed by atoms with Gasteiger partial charge in [0.15, 0.2) is 0 Å². The van der Waals surface area contributed by atoms with Crippen LogP contribution >= 0.6 is 11.6 Å². The Morgan fingerprint density at radius 1 is 1.56 bits per heavy atom. The van der Waals surface area contributed by atoms with Crippen molar-refractivity contribution < 1.29 is 9.53 Å². The van der Waals surface area contributed by atoms with Gasteiger partial charge in [-0.1, -0.05) is 23.7 Å². The van der Waals surface area contributed by atoms with Crippen molar-refractivity contribution in [2.75, 3.05) is 25.6 Å². The molecule has 0 saturated heterocycles. The summed E-state index contributed by atoms with van der Waals surface area (Å²) in [7, 11) is 3.20. The summed E-state index contributed by atoms with van der Waals surface area (Å²) < 4.78 is 4.83. The number of rotatable bonds is 2. The van der Waals surface area contributed by atoms with Gasteiger partial charge in [0.25, 0.3) is 0 Å². The Balaban J connectivity index is 2.37. The fraction of sp³-hybridized carbons (Fsp3) is 0.333. The number of carbonyl (C=O) groups excluding carboxylic acids is 1. The topological polar surface area (TPSA) is 45.1 Å². The minimum atomic E-state index is -0.453. The molecule has 0 N–H and O–H groups in total. The lowest BCUT2D eigenvalue weighted by Gasteiger charge is -2.32. The predicted molar refractivity (Wildman–Crippen MR) is 71.2 cm³/mol. The molecule has 0 spiro atoms. The van der Waals surface area contributed by atoms with E-state index in [0.29, 0.717) is 17.3 Å². The fourth-order valence-electron chi connectivity index (χ4n) is 1.87. The number of aliphatic imine (C=N–C) groups is 1. The Morgan fingerprint density at radius 2 is 2.28 bits per heavy atom.